The Kier molecular flexibility index (Phi) is 8.47. The summed E-state index contributed by atoms with van der Waals surface area (Å²) in [6, 6.07) is 16.8. The van der Waals surface area contributed by atoms with Crippen LogP contribution in [0.5, 0.6) is 5.75 Å². The summed E-state index contributed by atoms with van der Waals surface area (Å²) in [6.45, 7) is 5.46. The molecule has 3 rings (SSSR count). The third-order valence-electron chi connectivity index (χ3n) is 5.24. The summed E-state index contributed by atoms with van der Waals surface area (Å²) in [4.78, 5) is 12.8. The molecular weight excluding hydrogens is 495 g/mol. The lowest BCUT2D eigenvalue weighted by Crippen LogP contribution is -2.42. The summed E-state index contributed by atoms with van der Waals surface area (Å²) in [5.74, 6) is 0.114. The molecule has 180 valence electrons. The highest BCUT2D eigenvalue weighted by Gasteiger charge is 2.28. The van der Waals surface area contributed by atoms with Gasteiger partial charge in [-0.05, 0) is 68.3 Å². The van der Waals surface area contributed by atoms with E-state index in [1.165, 1.54) is 12.1 Å². The largest absolute Gasteiger partial charge is 0.492 e. The molecule has 34 heavy (non-hydrogen) atoms. The normalized spacial score (nSPS) is 11.2. The minimum atomic E-state index is -4.02. The maximum Gasteiger partial charge on any atom is 0.264 e. The molecule has 0 aromatic heterocycles. The molecule has 0 unspecified atom stereocenters. The van der Waals surface area contributed by atoms with Crippen molar-refractivity contribution in [2.24, 2.45) is 0 Å². The Hall–Kier alpha value is -2.74. The molecule has 0 spiro atoms. The molecule has 6 nitrogen and oxygen atoms in total. The van der Waals surface area contributed by atoms with Gasteiger partial charge in [0.25, 0.3) is 10.0 Å². The molecule has 0 aliphatic heterocycles. The van der Waals surface area contributed by atoms with E-state index in [9.17, 15) is 13.2 Å². The molecule has 3 aromatic rings. The fourth-order valence-electron chi connectivity index (χ4n) is 3.21. The molecule has 0 aliphatic carbocycles. The topological polar surface area (TPSA) is 75.7 Å². The third kappa shape index (κ3) is 6.23. The summed E-state index contributed by atoms with van der Waals surface area (Å²) in [5, 5.41) is 3.71. The van der Waals surface area contributed by atoms with Gasteiger partial charge in [-0.1, -0.05) is 53.0 Å². The molecule has 0 bridgehead atoms. The number of nitrogens with zero attached hydrogens (tertiary/aromatic N) is 1. The van der Waals surface area contributed by atoms with Crippen LogP contribution < -0.4 is 14.4 Å². The summed E-state index contributed by atoms with van der Waals surface area (Å²) in [5.41, 5.74) is 2.77. The predicted octanol–water partition coefficient (Wildman–Crippen LogP) is 5.31. The zero-order chi connectivity index (χ0) is 24.9. The SMILES string of the molecule is Cc1ccc(S(=O)(=O)N(CC(=O)NCCOc2ccc(C)c(Cl)c2)c2cccc(Cl)c2C)cc1. The highest BCUT2D eigenvalue weighted by Crippen LogP contribution is 2.31. The second-order valence-corrected chi connectivity index (χ2v) is 10.5. The van der Waals surface area contributed by atoms with Crippen LogP contribution in [0.4, 0.5) is 5.69 Å². The van der Waals surface area contributed by atoms with Crippen molar-refractivity contribution in [1.29, 1.82) is 0 Å². The summed E-state index contributed by atoms with van der Waals surface area (Å²) >= 11 is 12.3. The van der Waals surface area contributed by atoms with Gasteiger partial charge in [-0.25, -0.2) is 8.42 Å². The Labute approximate surface area is 210 Å². The van der Waals surface area contributed by atoms with E-state index in [-0.39, 0.29) is 18.0 Å². The molecule has 0 atom stereocenters. The van der Waals surface area contributed by atoms with Crippen LogP contribution in [0.1, 0.15) is 16.7 Å². The molecule has 0 fully saturated rings. The first-order valence-electron chi connectivity index (χ1n) is 10.6. The van der Waals surface area contributed by atoms with Gasteiger partial charge in [0.05, 0.1) is 17.1 Å². The summed E-state index contributed by atoms with van der Waals surface area (Å²) < 4.78 is 33.7. The first kappa shape index (κ1) is 25.9. The van der Waals surface area contributed by atoms with Crippen LogP contribution in [0, 0.1) is 20.8 Å². The molecule has 3 aromatic carbocycles. The van der Waals surface area contributed by atoms with E-state index in [0.717, 1.165) is 15.4 Å². The van der Waals surface area contributed by atoms with E-state index in [2.05, 4.69) is 5.32 Å². The van der Waals surface area contributed by atoms with Gasteiger partial charge < -0.3 is 10.1 Å². The average Bonchev–Trinajstić information content (AvgIpc) is 2.80. The Morgan fingerprint density at radius 3 is 2.35 bits per heavy atom. The predicted molar refractivity (Wildman–Crippen MR) is 137 cm³/mol. The highest BCUT2D eigenvalue weighted by atomic mass is 35.5. The van der Waals surface area contributed by atoms with Crippen LogP contribution in [-0.2, 0) is 14.8 Å². The van der Waals surface area contributed by atoms with Crippen LogP contribution >= 0.6 is 23.2 Å². The highest BCUT2D eigenvalue weighted by molar-refractivity contribution is 7.92. The quantitative estimate of drug-likeness (QED) is 0.388. The second-order valence-electron chi connectivity index (χ2n) is 7.82. The summed E-state index contributed by atoms with van der Waals surface area (Å²) in [6.07, 6.45) is 0. The van der Waals surface area contributed by atoms with Crippen molar-refractivity contribution in [2.45, 2.75) is 25.7 Å². The van der Waals surface area contributed by atoms with Gasteiger partial charge in [0.15, 0.2) is 0 Å². The van der Waals surface area contributed by atoms with E-state index in [4.69, 9.17) is 27.9 Å². The first-order valence-corrected chi connectivity index (χ1v) is 12.8. The van der Waals surface area contributed by atoms with Crippen molar-refractivity contribution in [3.8, 4) is 5.75 Å². The zero-order valence-electron chi connectivity index (χ0n) is 19.1. The van der Waals surface area contributed by atoms with Gasteiger partial charge in [0.1, 0.15) is 18.9 Å². The number of sulfonamides is 1. The minimum absolute atomic E-state index is 0.0878. The Bertz CT molecular complexity index is 1280. The number of carbonyl (C=O) groups excluding carboxylic acids is 1. The van der Waals surface area contributed by atoms with E-state index in [0.29, 0.717) is 27.0 Å². The van der Waals surface area contributed by atoms with Crippen molar-refractivity contribution < 1.29 is 17.9 Å². The van der Waals surface area contributed by atoms with E-state index >= 15 is 0 Å². The average molecular weight is 521 g/mol. The fourth-order valence-corrected chi connectivity index (χ4v) is 5.03. The van der Waals surface area contributed by atoms with Crippen molar-refractivity contribution in [2.75, 3.05) is 24.0 Å². The number of halogens is 2. The fraction of sp³-hybridized carbons (Fsp3) is 0.240. The second kappa shape index (κ2) is 11.1. The Morgan fingerprint density at radius 2 is 1.68 bits per heavy atom. The van der Waals surface area contributed by atoms with Gasteiger partial charge in [-0.15, -0.1) is 0 Å². The van der Waals surface area contributed by atoms with Gasteiger partial charge >= 0.3 is 0 Å². The van der Waals surface area contributed by atoms with E-state index in [1.807, 2.05) is 19.9 Å². The van der Waals surface area contributed by atoms with Crippen LogP contribution in [0.25, 0.3) is 0 Å². The molecule has 0 saturated heterocycles. The van der Waals surface area contributed by atoms with Gasteiger partial charge in [-0.2, -0.15) is 0 Å². The van der Waals surface area contributed by atoms with Crippen molar-refractivity contribution in [3.05, 3.63) is 87.4 Å². The number of nitrogens with one attached hydrogen (secondary N) is 1. The van der Waals surface area contributed by atoms with Gasteiger partial charge in [-0.3, -0.25) is 9.10 Å². The zero-order valence-corrected chi connectivity index (χ0v) is 21.5. The standard InChI is InChI=1S/C25H26Cl2N2O4S/c1-17-7-11-21(12-8-17)34(31,32)29(24-6-4-5-22(26)19(24)3)16-25(30)28-13-14-33-20-10-9-18(2)23(27)15-20/h4-12,15H,13-14,16H2,1-3H3,(H,28,30). The van der Waals surface area contributed by atoms with Crippen LogP contribution in [0.2, 0.25) is 10.0 Å². The molecule has 0 saturated carbocycles. The molecule has 1 amide bonds. The number of hydrogen-bond donors (Lipinski definition) is 1. The van der Waals surface area contributed by atoms with E-state index in [1.54, 1.807) is 49.4 Å². The van der Waals surface area contributed by atoms with E-state index < -0.39 is 22.5 Å². The molecule has 0 heterocycles. The number of anilines is 1. The lowest BCUT2D eigenvalue weighted by atomic mass is 10.2. The van der Waals surface area contributed by atoms with Crippen LogP contribution in [0.15, 0.2) is 65.6 Å². The lowest BCUT2D eigenvalue weighted by Gasteiger charge is -2.26. The van der Waals surface area contributed by atoms with Crippen LogP contribution in [0.3, 0.4) is 0 Å². The third-order valence-corrected chi connectivity index (χ3v) is 7.83. The minimum Gasteiger partial charge on any atom is -0.492 e. The number of ether oxygens (including phenoxy) is 1. The number of benzene rings is 3. The number of aryl methyl sites for hydroxylation is 2. The Balaban J connectivity index is 1.74. The lowest BCUT2D eigenvalue weighted by molar-refractivity contribution is -0.119. The molecule has 1 N–H and O–H groups in total. The monoisotopic (exact) mass is 520 g/mol. The maximum absolute atomic E-state index is 13.5. The summed E-state index contributed by atoms with van der Waals surface area (Å²) in [7, 11) is -4.02. The number of hydrogen-bond acceptors (Lipinski definition) is 4. The molecule has 0 aliphatic rings. The Morgan fingerprint density at radius 1 is 0.971 bits per heavy atom. The molecule has 0 radical (unpaired) electrons. The van der Waals surface area contributed by atoms with Gasteiger partial charge in [0.2, 0.25) is 5.91 Å². The number of amides is 1. The number of carbonyl (C=O) groups is 1. The van der Waals surface area contributed by atoms with Crippen molar-refractivity contribution >= 4 is 44.8 Å². The van der Waals surface area contributed by atoms with Crippen molar-refractivity contribution in [1.82, 2.24) is 5.32 Å². The maximum atomic E-state index is 13.5. The van der Waals surface area contributed by atoms with Crippen molar-refractivity contribution in [3.63, 3.8) is 0 Å². The van der Waals surface area contributed by atoms with Gasteiger partial charge in [0, 0.05) is 10.0 Å². The first-order chi connectivity index (χ1) is 16.1. The number of rotatable bonds is 9. The van der Waals surface area contributed by atoms with Crippen LogP contribution in [-0.4, -0.2) is 34.0 Å². The smallest absolute Gasteiger partial charge is 0.264 e. The molecule has 9 heteroatoms. The molecular formula is C25H26Cl2N2O4S.